The number of hydrogen-bond acceptors (Lipinski definition) is 5. The Balaban J connectivity index is 3.73. The van der Waals surface area contributed by atoms with E-state index in [1.165, 1.54) is 27.7 Å². The summed E-state index contributed by atoms with van der Waals surface area (Å²) in [5.74, 6) is -1.38. The molecule has 1 amide bonds. The van der Waals surface area contributed by atoms with E-state index in [2.05, 4.69) is 4.99 Å². The van der Waals surface area contributed by atoms with Crippen LogP contribution in [0.1, 0.15) is 36.7 Å². The van der Waals surface area contributed by atoms with Crippen molar-refractivity contribution >= 4 is 27.4 Å². The molecule has 1 aromatic rings. The molecule has 126 valence electrons. The molecule has 23 heavy (non-hydrogen) atoms. The van der Waals surface area contributed by atoms with Crippen LogP contribution in [0.2, 0.25) is 0 Å². The highest BCUT2D eigenvalue weighted by molar-refractivity contribution is 7.92. The maximum Gasteiger partial charge on any atom is 0.288 e. The summed E-state index contributed by atoms with van der Waals surface area (Å²) in [5, 5.41) is 11.2. The van der Waals surface area contributed by atoms with Gasteiger partial charge < -0.3 is 11.5 Å². The molecule has 4 N–H and O–H groups in total. The molecule has 10 heteroatoms. The third-order valence-corrected chi connectivity index (χ3v) is 5.58. The van der Waals surface area contributed by atoms with E-state index in [-0.39, 0.29) is 11.1 Å². The van der Waals surface area contributed by atoms with Crippen LogP contribution in [0.25, 0.3) is 0 Å². The predicted molar refractivity (Wildman–Crippen MR) is 84.9 cm³/mol. The molecular weight excluding hydrogens is 324 g/mol. The van der Waals surface area contributed by atoms with Gasteiger partial charge in [-0.05, 0) is 39.3 Å². The fourth-order valence-electron chi connectivity index (χ4n) is 1.77. The summed E-state index contributed by atoms with van der Waals surface area (Å²) in [6.45, 7) is 5.74. The maximum atomic E-state index is 12.5. The minimum absolute atomic E-state index is 0.141. The van der Waals surface area contributed by atoms with Crippen LogP contribution >= 0.6 is 0 Å². The lowest BCUT2D eigenvalue weighted by atomic mass is 10.1. The second-order valence-corrected chi connectivity index (χ2v) is 8.52. The van der Waals surface area contributed by atoms with Crippen LogP contribution < -0.4 is 11.5 Å². The lowest BCUT2D eigenvalue weighted by Gasteiger charge is -2.19. The zero-order valence-corrected chi connectivity index (χ0v) is 14.0. The van der Waals surface area contributed by atoms with Gasteiger partial charge in [-0.3, -0.25) is 14.9 Å². The molecule has 0 atom stereocenters. The van der Waals surface area contributed by atoms with Gasteiger partial charge in [0.25, 0.3) is 11.6 Å². The van der Waals surface area contributed by atoms with Gasteiger partial charge in [-0.2, -0.15) is 4.99 Å². The molecule has 1 rings (SSSR count). The molecule has 0 aliphatic heterocycles. The molecule has 0 aliphatic rings. The molecule has 0 fully saturated rings. The molecule has 1 aromatic carbocycles. The second kappa shape index (κ2) is 5.95. The van der Waals surface area contributed by atoms with E-state index in [0.29, 0.717) is 0 Å². The third kappa shape index (κ3) is 3.65. The Labute approximate surface area is 133 Å². The normalized spacial score (nSPS) is 11.8. The summed E-state index contributed by atoms with van der Waals surface area (Å²) in [5.41, 5.74) is 9.60. The van der Waals surface area contributed by atoms with Crippen molar-refractivity contribution in [3.8, 4) is 0 Å². The largest absolute Gasteiger partial charge is 0.370 e. The summed E-state index contributed by atoms with van der Waals surface area (Å²) in [7, 11) is -3.98. The van der Waals surface area contributed by atoms with E-state index >= 15 is 0 Å². The Morgan fingerprint density at radius 3 is 2.17 bits per heavy atom. The van der Waals surface area contributed by atoms with Gasteiger partial charge in [0.1, 0.15) is 4.90 Å². The molecule has 9 nitrogen and oxygen atoms in total. The number of rotatable bonds is 3. The van der Waals surface area contributed by atoms with E-state index in [4.69, 9.17) is 11.5 Å². The summed E-state index contributed by atoms with van der Waals surface area (Å²) in [6, 6.07) is 1.97. The highest BCUT2D eigenvalue weighted by Crippen LogP contribution is 2.34. The van der Waals surface area contributed by atoms with E-state index in [1.807, 2.05) is 0 Å². The third-order valence-electron chi connectivity index (χ3n) is 3.06. The molecule has 0 unspecified atom stereocenters. The van der Waals surface area contributed by atoms with Gasteiger partial charge >= 0.3 is 0 Å². The average molecular weight is 342 g/mol. The van der Waals surface area contributed by atoms with E-state index in [9.17, 15) is 23.3 Å². The Morgan fingerprint density at radius 1 is 1.26 bits per heavy atom. The molecular formula is C13H18N4O5S. The Morgan fingerprint density at radius 2 is 1.78 bits per heavy atom. The lowest BCUT2D eigenvalue weighted by molar-refractivity contribution is -0.387. The van der Waals surface area contributed by atoms with Crippen molar-refractivity contribution in [3.05, 3.63) is 33.4 Å². The Bertz CT molecular complexity index is 802. The fraction of sp³-hybridized carbons (Fsp3) is 0.385. The van der Waals surface area contributed by atoms with Gasteiger partial charge in [-0.25, -0.2) is 8.42 Å². The first-order chi connectivity index (χ1) is 10.3. The van der Waals surface area contributed by atoms with Crippen molar-refractivity contribution in [1.82, 2.24) is 0 Å². The van der Waals surface area contributed by atoms with Crippen LogP contribution in [0.3, 0.4) is 0 Å². The smallest absolute Gasteiger partial charge is 0.288 e. The van der Waals surface area contributed by atoms with Crippen LogP contribution in [-0.2, 0) is 9.84 Å². The number of guanidine groups is 1. The Kier molecular flexibility index (Phi) is 4.80. The summed E-state index contributed by atoms with van der Waals surface area (Å²) in [4.78, 5) is 25.1. The van der Waals surface area contributed by atoms with Crippen molar-refractivity contribution in [2.45, 2.75) is 37.3 Å². The van der Waals surface area contributed by atoms with Crippen molar-refractivity contribution in [2.24, 2.45) is 16.5 Å². The monoisotopic (exact) mass is 342 g/mol. The number of amides is 1. The van der Waals surface area contributed by atoms with Gasteiger partial charge in [0, 0.05) is 6.07 Å². The number of nitro benzene ring substituents is 1. The van der Waals surface area contributed by atoms with Crippen LogP contribution in [0.15, 0.2) is 22.0 Å². The molecule has 0 aliphatic carbocycles. The Hall–Kier alpha value is -2.49. The molecule has 0 heterocycles. The topological polar surface area (TPSA) is 159 Å². The van der Waals surface area contributed by atoms with E-state index < -0.39 is 42.0 Å². The highest BCUT2D eigenvalue weighted by Gasteiger charge is 2.37. The predicted octanol–water partition coefficient (Wildman–Crippen LogP) is 0.889. The molecule has 0 saturated heterocycles. The molecule has 0 aromatic heterocycles. The summed E-state index contributed by atoms with van der Waals surface area (Å²) < 4.78 is 23.8. The highest BCUT2D eigenvalue weighted by atomic mass is 32.2. The van der Waals surface area contributed by atoms with Gasteiger partial charge in [-0.15, -0.1) is 0 Å². The molecule has 0 radical (unpaired) electrons. The quantitative estimate of drug-likeness (QED) is 0.357. The maximum absolute atomic E-state index is 12.5. The number of carbonyl (C=O) groups excluding carboxylic acids is 1. The van der Waals surface area contributed by atoms with Crippen LogP contribution in [0.4, 0.5) is 5.69 Å². The first-order valence-electron chi connectivity index (χ1n) is 6.46. The van der Waals surface area contributed by atoms with E-state index in [0.717, 1.165) is 12.1 Å². The van der Waals surface area contributed by atoms with Crippen LogP contribution in [0.5, 0.6) is 0 Å². The SMILES string of the molecule is Cc1cc(S(=O)(=O)C(C)(C)C)c([N+](=O)[O-])cc1C(=O)N=C(N)N. The fourth-order valence-corrected chi connectivity index (χ4v) is 3.17. The van der Waals surface area contributed by atoms with Gasteiger partial charge in [0.05, 0.1) is 15.2 Å². The number of aliphatic imine (C=N–C) groups is 1. The number of nitro groups is 1. The molecule has 0 bridgehead atoms. The average Bonchev–Trinajstić information content (AvgIpc) is 2.35. The van der Waals surface area contributed by atoms with Gasteiger partial charge in [-0.1, -0.05) is 0 Å². The zero-order valence-electron chi connectivity index (χ0n) is 13.2. The standard InChI is InChI=1S/C13H18N4O5S/c1-7-5-10(23(21,22)13(2,3)4)9(17(19)20)6-8(7)11(18)16-12(14)15/h5-6H,1-4H3,(H4,14,15,16,18). The number of nitrogens with two attached hydrogens (primary N) is 2. The zero-order chi connectivity index (χ0) is 18.2. The number of sulfone groups is 1. The van der Waals surface area contributed by atoms with Crippen molar-refractivity contribution in [2.75, 3.05) is 0 Å². The van der Waals surface area contributed by atoms with Crippen LogP contribution in [0, 0.1) is 17.0 Å². The number of aryl methyl sites for hydroxylation is 1. The lowest BCUT2D eigenvalue weighted by Crippen LogP contribution is -2.29. The number of nitrogens with zero attached hydrogens (tertiary/aromatic N) is 2. The van der Waals surface area contributed by atoms with E-state index in [1.54, 1.807) is 0 Å². The molecule has 0 spiro atoms. The first-order valence-corrected chi connectivity index (χ1v) is 7.95. The van der Waals surface area contributed by atoms with Crippen LogP contribution in [-0.4, -0.2) is 30.0 Å². The minimum Gasteiger partial charge on any atom is -0.370 e. The number of benzene rings is 1. The van der Waals surface area contributed by atoms with Crippen molar-refractivity contribution < 1.29 is 18.1 Å². The number of hydrogen-bond donors (Lipinski definition) is 2. The van der Waals surface area contributed by atoms with Gasteiger partial charge in [0.15, 0.2) is 15.8 Å². The number of carbonyl (C=O) groups is 1. The molecule has 0 saturated carbocycles. The minimum atomic E-state index is -3.98. The van der Waals surface area contributed by atoms with Crippen molar-refractivity contribution in [1.29, 1.82) is 0 Å². The van der Waals surface area contributed by atoms with Gasteiger partial charge in [0.2, 0.25) is 0 Å². The summed E-state index contributed by atoms with van der Waals surface area (Å²) in [6.07, 6.45) is 0. The first kappa shape index (κ1) is 18.6. The van der Waals surface area contributed by atoms with Crippen molar-refractivity contribution in [3.63, 3.8) is 0 Å². The second-order valence-electron chi connectivity index (χ2n) is 5.85. The summed E-state index contributed by atoms with van der Waals surface area (Å²) >= 11 is 0.